The highest BCUT2D eigenvalue weighted by Crippen LogP contribution is 2.17. The lowest BCUT2D eigenvalue weighted by Crippen LogP contribution is -2.25. The molecule has 0 spiro atoms. The van der Waals surface area contributed by atoms with Gasteiger partial charge in [0, 0.05) is 18.8 Å². The van der Waals surface area contributed by atoms with Gasteiger partial charge in [0.05, 0.1) is 13.0 Å². The molecule has 0 saturated heterocycles. The van der Waals surface area contributed by atoms with E-state index in [-0.39, 0.29) is 24.7 Å². The first-order valence-corrected chi connectivity index (χ1v) is 8.72. The van der Waals surface area contributed by atoms with Crippen molar-refractivity contribution < 1.29 is 19.1 Å². The number of carbonyl (C=O) groups excluding carboxylic acids is 2. The quantitative estimate of drug-likeness (QED) is 0.740. The molecule has 0 bridgehead atoms. The minimum atomic E-state index is -0.549. The standard InChI is InChI=1S/C19H24N4O4/c1-5-26-18(25)14-12-15(21-11-9-16(24)27-19(2,3)4)23-17(22-14)13-8-6-7-10-20-13/h6-8,10,12H,5,9,11H2,1-4H3,(H,21,22,23). The molecule has 2 heterocycles. The number of esters is 2. The summed E-state index contributed by atoms with van der Waals surface area (Å²) in [6.45, 7) is 7.70. The maximum atomic E-state index is 12.1. The van der Waals surface area contributed by atoms with Gasteiger partial charge in [0.15, 0.2) is 11.5 Å². The lowest BCUT2D eigenvalue weighted by Gasteiger charge is -2.19. The number of carbonyl (C=O) groups is 2. The van der Waals surface area contributed by atoms with E-state index in [1.54, 1.807) is 31.3 Å². The summed E-state index contributed by atoms with van der Waals surface area (Å²) in [5, 5.41) is 3.02. The van der Waals surface area contributed by atoms with Crippen LogP contribution in [0.4, 0.5) is 5.82 Å². The van der Waals surface area contributed by atoms with E-state index >= 15 is 0 Å². The number of hydrogen-bond donors (Lipinski definition) is 1. The van der Waals surface area contributed by atoms with Crippen molar-refractivity contribution >= 4 is 17.8 Å². The SMILES string of the molecule is CCOC(=O)c1cc(NCCC(=O)OC(C)(C)C)nc(-c2ccccn2)n1. The normalized spacial score (nSPS) is 11.0. The Kier molecular flexibility index (Phi) is 6.81. The summed E-state index contributed by atoms with van der Waals surface area (Å²) in [6, 6.07) is 6.81. The fourth-order valence-corrected chi connectivity index (χ4v) is 2.14. The van der Waals surface area contributed by atoms with Gasteiger partial charge in [-0.3, -0.25) is 9.78 Å². The Morgan fingerprint density at radius 1 is 1.19 bits per heavy atom. The minimum Gasteiger partial charge on any atom is -0.461 e. The average molecular weight is 372 g/mol. The summed E-state index contributed by atoms with van der Waals surface area (Å²) in [5.41, 5.74) is 0.112. The molecule has 0 fully saturated rings. The van der Waals surface area contributed by atoms with Crippen molar-refractivity contribution in [3.8, 4) is 11.5 Å². The molecular weight excluding hydrogens is 348 g/mol. The second-order valence-corrected chi connectivity index (χ2v) is 6.66. The number of nitrogens with zero attached hydrogens (tertiary/aromatic N) is 3. The van der Waals surface area contributed by atoms with Crippen LogP contribution in [0, 0.1) is 0 Å². The molecule has 0 aliphatic carbocycles. The highest BCUT2D eigenvalue weighted by Gasteiger charge is 2.17. The van der Waals surface area contributed by atoms with Crippen LogP contribution in [-0.2, 0) is 14.3 Å². The molecule has 0 saturated carbocycles. The molecule has 0 radical (unpaired) electrons. The number of ether oxygens (including phenoxy) is 2. The van der Waals surface area contributed by atoms with E-state index in [1.807, 2.05) is 20.8 Å². The summed E-state index contributed by atoms with van der Waals surface area (Å²) < 4.78 is 10.3. The summed E-state index contributed by atoms with van der Waals surface area (Å²) in [6.07, 6.45) is 1.78. The van der Waals surface area contributed by atoms with E-state index in [9.17, 15) is 9.59 Å². The van der Waals surface area contributed by atoms with Gasteiger partial charge in [-0.15, -0.1) is 0 Å². The summed E-state index contributed by atoms with van der Waals surface area (Å²) >= 11 is 0. The third-order valence-corrected chi connectivity index (χ3v) is 3.16. The fraction of sp³-hybridized carbons (Fsp3) is 0.421. The molecule has 144 valence electrons. The topological polar surface area (TPSA) is 103 Å². The zero-order chi connectivity index (χ0) is 19.9. The first-order valence-electron chi connectivity index (χ1n) is 8.72. The van der Waals surface area contributed by atoms with E-state index in [0.29, 0.717) is 23.9 Å². The second-order valence-electron chi connectivity index (χ2n) is 6.66. The first-order chi connectivity index (χ1) is 12.8. The van der Waals surface area contributed by atoms with Gasteiger partial charge in [0.25, 0.3) is 0 Å². The molecule has 0 aromatic carbocycles. The molecule has 2 aromatic heterocycles. The summed E-state index contributed by atoms with van der Waals surface area (Å²) in [4.78, 5) is 36.7. The Bertz CT molecular complexity index is 788. The van der Waals surface area contributed by atoms with Gasteiger partial charge in [-0.1, -0.05) is 6.07 Å². The number of hydrogen-bond acceptors (Lipinski definition) is 8. The third kappa shape index (κ3) is 6.65. The average Bonchev–Trinajstić information content (AvgIpc) is 2.61. The lowest BCUT2D eigenvalue weighted by atomic mass is 10.2. The van der Waals surface area contributed by atoms with Gasteiger partial charge in [-0.25, -0.2) is 14.8 Å². The van der Waals surface area contributed by atoms with E-state index in [1.165, 1.54) is 6.07 Å². The molecule has 0 unspecified atom stereocenters. The van der Waals surface area contributed by atoms with Gasteiger partial charge in [0.2, 0.25) is 0 Å². The van der Waals surface area contributed by atoms with Crippen molar-refractivity contribution in [3.05, 3.63) is 36.2 Å². The van der Waals surface area contributed by atoms with Crippen molar-refractivity contribution in [2.45, 2.75) is 39.7 Å². The Hall–Kier alpha value is -3.03. The number of rotatable bonds is 7. The van der Waals surface area contributed by atoms with Crippen LogP contribution in [0.3, 0.4) is 0 Å². The minimum absolute atomic E-state index is 0.118. The largest absolute Gasteiger partial charge is 0.461 e. The molecule has 1 N–H and O–H groups in total. The molecule has 0 atom stereocenters. The van der Waals surface area contributed by atoms with Gasteiger partial charge in [0.1, 0.15) is 17.1 Å². The third-order valence-electron chi connectivity index (χ3n) is 3.16. The molecule has 2 aromatic rings. The Balaban J connectivity index is 2.16. The van der Waals surface area contributed by atoms with Gasteiger partial charge >= 0.3 is 11.9 Å². The van der Waals surface area contributed by atoms with Crippen molar-refractivity contribution in [1.82, 2.24) is 15.0 Å². The highest BCUT2D eigenvalue weighted by atomic mass is 16.6. The molecule has 0 aliphatic heterocycles. The van der Waals surface area contributed by atoms with Gasteiger partial charge in [-0.05, 0) is 39.8 Å². The van der Waals surface area contributed by atoms with Crippen LogP contribution in [0.25, 0.3) is 11.5 Å². The van der Waals surface area contributed by atoms with Crippen molar-refractivity contribution in [3.63, 3.8) is 0 Å². The van der Waals surface area contributed by atoms with E-state index < -0.39 is 11.6 Å². The number of nitrogens with one attached hydrogen (secondary N) is 1. The molecule has 27 heavy (non-hydrogen) atoms. The van der Waals surface area contributed by atoms with Crippen LogP contribution in [0.1, 0.15) is 44.6 Å². The van der Waals surface area contributed by atoms with Crippen molar-refractivity contribution in [1.29, 1.82) is 0 Å². The molecule has 8 nitrogen and oxygen atoms in total. The number of pyridine rings is 1. The molecule has 0 amide bonds. The molecule has 0 aliphatic rings. The number of aromatic nitrogens is 3. The van der Waals surface area contributed by atoms with Crippen LogP contribution < -0.4 is 5.32 Å². The maximum Gasteiger partial charge on any atom is 0.357 e. The molecule has 8 heteroatoms. The predicted octanol–water partition coefficient (Wildman–Crippen LogP) is 2.86. The van der Waals surface area contributed by atoms with Crippen LogP contribution in [0.2, 0.25) is 0 Å². The van der Waals surface area contributed by atoms with Crippen LogP contribution in [-0.4, -0.2) is 45.6 Å². The van der Waals surface area contributed by atoms with Gasteiger partial charge < -0.3 is 14.8 Å². The monoisotopic (exact) mass is 372 g/mol. The van der Waals surface area contributed by atoms with Crippen molar-refractivity contribution in [2.75, 3.05) is 18.5 Å². The molecule has 2 rings (SSSR count). The van der Waals surface area contributed by atoms with Crippen LogP contribution in [0.15, 0.2) is 30.5 Å². The Morgan fingerprint density at radius 2 is 1.96 bits per heavy atom. The van der Waals surface area contributed by atoms with E-state index in [2.05, 4.69) is 20.3 Å². The smallest absolute Gasteiger partial charge is 0.357 e. The molecular formula is C19H24N4O4. The van der Waals surface area contributed by atoms with E-state index in [0.717, 1.165) is 0 Å². The highest BCUT2D eigenvalue weighted by molar-refractivity contribution is 5.88. The maximum absolute atomic E-state index is 12.1. The fourth-order valence-electron chi connectivity index (χ4n) is 2.14. The zero-order valence-electron chi connectivity index (χ0n) is 16.0. The number of anilines is 1. The van der Waals surface area contributed by atoms with Gasteiger partial charge in [-0.2, -0.15) is 0 Å². The summed E-state index contributed by atoms with van der Waals surface area (Å²) in [5.74, 6) is -0.176. The van der Waals surface area contributed by atoms with Crippen molar-refractivity contribution in [2.24, 2.45) is 0 Å². The van der Waals surface area contributed by atoms with Crippen LogP contribution in [0.5, 0.6) is 0 Å². The summed E-state index contributed by atoms with van der Waals surface area (Å²) in [7, 11) is 0. The first kappa shape index (κ1) is 20.3. The van der Waals surface area contributed by atoms with Crippen LogP contribution >= 0.6 is 0 Å². The zero-order valence-corrected chi connectivity index (χ0v) is 16.0. The van der Waals surface area contributed by atoms with E-state index in [4.69, 9.17) is 9.47 Å². The second kappa shape index (κ2) is 9.07. The Morgan fingerprint density at radius 3 is 2.59 bits per heavy atom. The Labute approximate surface area is 158 Å². The lowest BCUT2D eigenvalue weighted by molar-refractivity contribution is -0.154. The predicted molar refractivity (Wildman–Crippen MR) is 100 cm³/mol.